The Morgan fingerprint density at radius 1 is 0.806 bits per heavy atom. The van der Waals surface area contributed by atoms with Gasteiger partial charge in [0.15, 0.2) is 0 Å². The molecule has 0 saturated heterocycles. The largest absolute Gasteiger partial charge is 0.207 e. The molecule has 0 bridgehead atoms. The lowest BCUT2D eigenvalue weighted by molar-refractivity contribution is 0.153. The van der Waals surface area contributed by atoms with Crippen LogP contribution in [-0.4, -0.2) is 0 Å². The summed E-state index contributed by atoms with van der Waals surface area (Å²) in [6.07, 6.45) is 21.1. The zero-order chi connectivity index (χ0) is 21.9. The molecule has 0 atom stereocenters. The lowest BCUT2D eigenvalue weighted by Gasteiger charge is -2.37. The van der Waals surface area contributed by atoms with E-state index in [1.165, 1.54) is 89.9 Å². The third-order valence-electron chi connectivity index (χ3n) is 8.07. The first-order valence-electron chi connectivity index (χ1n) is 13.5. The van der Waals surface area contributed by atoms with Gasteiger partial charge in [-0.2, -0.15) is 0 Å². The Morgan fingerprint density at radius 2 is 1.45 bits per heavy atom. The molecule has 2 fully saturated rings. The molecule has 1 aromatic carbocycles. The highest BCUT2D eigenvalue weighted by molar-refractivity contribution is 5.37. The second-order valence-corrected chi connectivity index (χ2v) is 10.4. The molecule has 0 unspecified atom stereocenters. The molecule has 0 radical (unpaired) electrons. The Morgan fingerprint density at radius 3 is 2.10 bits per heavy atom. The van der Waals surface area contributed by atoms with Crippen molar-refractivity contribution in [1.29, 1.82) is 0 Å². The summed E-state index contributed by atoms with van der Waals surface area (Å²) >= 11 is 0. The van der Waals surface area contributed by atoms with E-state index in [2.05, 4.69) is 25.7 Å². The summed E-state index contributed by atoms with van der Waals surface area (Å²) in [5, 5.41) is 0. The minimum atomic E-state index is -0.0723. The fourth-order valence-electron chi connectivity index (χ4n) is 5.94. The maximum absolute atomic E-state index is 14.3. The Kier molecular flexibility index (Phi) is 10.5. The fourth-order valence-corrected chi connectivity index (χ4v) is 5.94. The van der Waals surface area contributed by atoms with E-state index in [0.717, 1.165) is 41.7 Å². The summed E-state index contributed by atoms with van der Waals surface area (Å²) in [4.78, 5) is 0. The molecule has 1 heteroatoms. The predicted octanol–water partition coefficient (Wildman–Crippen LogP) is 9.10. The molecule has 0 amide bonds. The Hall–Kier alpha value is -1.29. The number of halogens is 1. The van der Waals surface area contributed by atoms with E-state index in [9.17, 15) is 4.39 Å². The molecule has 0 aromatic heterocycles. The van der Waals surface area contributed by atoms with Crippen LogP contribution in [0.4, 0.5) is 4.39 Å². The van der Waals surface area contributed by atoms with Gasteiger partial charge in [0.2, 0.25) is 0 Å². The lowest BCUT2D eigenvalue weighted by Crippen LogP contribution is -2.25. The maximum Gasteiger partial charge on any atom is 0.127 e. The second-order valence-electron chi connectivity index (χ2n) is 10.4. The van der Waals surface area contributed by atoms with Crippen molar-refractivity contribution in [3.63, 3.8) is 0 Å². The molecule has 1 aromatic rings. The van der Waals surface area contributed by atoms with Crippen LogP contribution in [0.15, 0.2) is 18.2 Å². The smallest absolute Gasteiger partial charge is 0.127 e. The molecule has 172 valence electrons. The van der Waals surface area contributed by atoms with Gasteiger partial charge in [0.25, 0.3) is 0 Å². The van der Waals surface area contributed by atoms with Crippen LogP contribution >= 0.6 is 0 Å². The standard InChI is InChI=1S/C30H45F/c1-3-5-7-9-24-13-18-27(19-14-24)28-20-15-25(16-21-28)11-12-26-17-22-29(30(31)23-26)10-8-6-4-2/h17,22-25,27-28H,3-10,13-16,18-21H2,1-2H3/t24-,25?,27-,28?. The van der Waals surface area contributed by atoms with Gasteiger partial charge in [-0.25, -0.2) is 4.39 Å². The number of hydrogen-bond donors (Lipinski definition) is 0. The molecular formula is C30H45F. The van der Waals surface area contributed by atoms with Crippen LogP contribution in [0.1, 0.15) is 121 Å². The number of hydrogen-bond acceptors (Lipinski definition) is 0. The Balaban J connectivity index is 1.40. The number of benzene rings is 1. The second kappa shape index (κ2) is 13.3. The van der Waals surface area contributed by atoms with E-state index in [4.69, 9.17) is 0 Å². The van der Waals surface area contributed by atoms with Gasteiger partial charge < -0.3 is 0 Å². The summed E-state index contributed by atoms with van der Waals surface area (Å²) in [7, 11) is 0. The molecular weight excluding hydrogens is 379 g/mol. The third-order valence-corrected chi connectivity index (χ3v) is 8.07. The van der Waals surface area contributed by atoms with E-state index in [-0.39, 0.29) is 5.82 Å². The van der Waals surface area contributed by atoms with Gasteiger partial charge in [0.1, 0.15) is 5.82 Å². The molecule has 2 aliphatic rings. The van der Waals surface area contributed by atoms with Crippen LogP contribution in [0.2, 0.25) is 0 Å². The molecule has 0 N–H and O–H groups in total. The van der Waals surface area contributed by atoms with E-state index < -0.39 is 0 Å². The monoisotopic (exact) mass is 424 g/mol. The SMILES string of the molecule is CCCCCc1ccc(C#CC2CCC([C@H]3CC[C@H](CCCCC)CC3)CC2)cc1F. The first kappa shape index (κ1) is 24.4. The fraction of sp³-hybridized carbons (Fsp3) is 0.733. The van der Waals surface area contributed by atoms with Gasteiger partial charge in [-0.15, -0.1) is 0 Å². The molecule has 0 aliphatic heterocycles. The molecule has 3 rings (SSSR count). The molecule has 31 heavy (non-hydrogen) atoms. The van der Waals surface area contributed by atoms with Crippen molar-refractivity contribution in [1.82, 2.24) is 0 Å². The lowest BCUT2D eigenvalue weighted by atomic mass is 9.69. The number of unbranched alkanes of at least 4 members (excludes halogenated alkanes) is 4. The Bertz CT molecular complexity index is 693. The van der Waals surface area contributed by atoms with Crippen LogP contribution in [0.5, 0.6) is 0 Å². The van der Waals surface area contributed by atoms with Crippen molar-refractivity contribution < 1.29 is 4.39 Å². The molecule has 0 nitrogen and oxygen atoms in total. The van der Waals surface area contributed by atoms with E-state index >= 15 is 0 Å². The molecule has 0 spiro atoms. The summed E-state index contributed by atoms with van der Waals surface area (Å²) in [6.45, 7) is 4.49. The van der Waals surface area contributed by atoms with Gasteiger partial charge >= 0.3 is 0 Å². The maximum atomic E-state index is 14.3. The zero-order valence-corrected chi connectivity index (χ0v) is 20.2. The zero-order valence-electron chi connectivity index (χ0n) is 20.2. The quantitative estimate of drug-likeness (QED) is 0.274. The van der Waals surface area contributed by atoms with Crippen molar-refractivity contribution in [3.05, 3.63) is 35.1 Å². The van der Waals surface area contributed by atoms with Crippen molar-refractivity contribution in [2.75, 3.05) is 0 Å². The predicted molar refractivity (Wildman–Crippen MR) is 132 cm³/mol. The molecule has 2 saturated carbocycles. The highest BCUT2D eigenvalue weighted by Crippen LogP contribution is 2.42. The number of rotatable bonds is 9. The molecule has 2 aliphatic carbocycles. The summed E-state index contributed by atoms with van der Waals surface area (Å²) in [5.74, 6) is 10.1. The van der Waals surface area contributed by atoms with Crippen LogP contribution in [0.25, 0.3) is 0 Å². The van der Waals surface area contributed by atoms with Crippen molar-refractivity contribution >= 4 is 0 Å². The summed E-state index contributed by atoms with van der Waals surface area (Å²) < 4.78 is 14.3. The van der Waals surface area contributed by atoms with Crippen LogP contribution in [-0.2, 0) is 6.42 Å². The van der Waals surface area contributed by atoms with Crippen molar-refractivity contribution in [2.45, 2.75) is 117 Å². The van der Waals surface area contributed by atoms with Gasteiger partial charge in [-0.3, -0.25) is 0 Å². The van der Waals surface area contributed by atoms with Gasteiger partial charge in [0, 0.05) is 11.5 Å². The van der Waals surface area contributed by atoms with E-state index in [1.54, 1.807) is 6.07 Å². The highest BCUT2D eigenvalue weighted by atomic mass is 19.1. The van der Waals surface area contributed by atoms with Gasteiger partial charge in [-0.05, 0) is 86.8 Å². The van der Waals surface area contributed by atoms with Crippen LogP contribution in [0.3, 0.4) is 0 Å². The van der Waals surface area contributed by atoms with Crippen LogP contribution < -0.4 is 0 Å². The normalized spacial score (nSPS) is 26.3. The van der Waals surface area contributed by atoms with E-state index in [1.807, 2.05) is 12.1 Å². The van der Waals surface area contributed by atoms with Crippen molar-refractivity contribution in [2.24, 2.45) is 23.7 Å². The van der Waals surface area contributed by atoms with Crippen LogP contribution in [0, 0.1) is 41.3 Å². The average molecular weight is 425 g/mol. The van der Waals surface area contributed by atoms with E-state index in [0.29, 0.717) is 5.92 Å². The highest BCUT2D eigenvalue weighted by Gasteiger charge is 2.30. The number of aryl methyl sites for hydroxylation is 1. The Labute approximate surface area is 191 Å². The minimum Gasteiger partial charge on any atom is -0.207 e. The first-order valence-corrected chi connectivity index (χ1v) is 13.5. The minimum absolute atomic E-state index is 0.0723. The summed E-state index contributed by atoms with van der Waals surface area (Å²) in [6, 6.07) is 5.62. The first-order chi connectivity index (χ1) is 15.2. The average Bonchev–Trinajstić information content (AvgIpc) is 2.80. The van der Waals surface area contributed by atoms with Gasteiger partial charge in [0.05, 0.1) is 0 Å². The van der Waals surface area contributed by atoms with Gasteiger partial charge in [-0.1, -0.05) is 83.1 Å². The topological polar surface area (TPSA) is 0 Å². The summed E-state index contributed by atoms with van der Waals surface area (Å²) in [5.41, 5.74) is 1.69. The molecule has 0 heterocycles. The van der Waals surface area contributed by atoms with Crippen molar-refractivity contribution in [3.8, 4) is 11.8 Å². The third kappa shape index (κ3) is 7.97.